The fraction of sp³-hybridized carbons (Fsp3) is 0.667. The fourth-order valence-electron chi connectivity index (χ4n) is 3.96. The first-order valence-corrected chi connectivity index (χ1v) is 12.8. The Morgan fingerprint density at radius 3 is 2.52 bits per heavy atom. The molecule has 2 aliphatic rings. The second-order valence-electron chi connectivity index (χ2n) is 9.41. The summed E-state index contributed by atoms with van der Waals surface area (Å²) in [6, 6.07) is 3.79. The highest BCUT2D eigenvalue weighted by atomic mass is 28.3. The summed E-state index contributed by atoms with van der Waals surface area (Å²) >= 11 is 0. The molecule has 1 fully saturated rings. The average molecular weight is 391 g/mol. The standard InChI is InChI=1S/C21H32NO4Si/c1-9-25-20(23)17-16-15-14(11-10-12(2)18(15)26-19(16)17)13(3)22(24)27(7,8)21(4,5)6/h10-11,13,16-17,19H,9H2,1-8H3/q+1. The van der Waals surface area contributed by atoms with Crippen LogP contribution in [0.2, 0.25) is 18.1 Å². The lowest BCUT2D eigenvalue weighted by molar-refractivity contribution is -0.473. The Kier molecular flexibility index (Phi) is 4.78. The Hall–Kier alpha value is -1.69. The highest BCUT2D eigenvalue weighted by Crippen LogP contribution is 2.61. The summed E-state index contributed by atoms with van der Waals surface area (Å²) in [6.45, 7) is 16.9. The number of benzene rings is 1. The first-order chi connectivity index (χ1) is 12.4. The number of ether oxygens (including phenoxy) is 2. The molecule has 1 saturated carbocycles. The van der Waals surface area contributed by atoms with Gasteiger partial charge in [-0.15, -0.1) is 0 Å². The molecular formula is C21H32NO4Si+. The molecule has 1 heterocycles. The van der Waals surface area contributed by atoms with E-state index in [9.17, 15) is 9.70 Å². The number of rotatable bonds is 5. The van der Waals surface area contributed by atoms with Crippen LogP contribution in [-0.4, -0.2) is 31.3 Å². The quantitative estimate of drug-likeness (QED) is 0.531. The van der Waals surface area contributed by atoms with Gasteiger partial charge in [-0.25, -0.2) is 0 Å². The lowest BCUT2D eigenvalue weighted by atomic mass is 9.94. The van der Waals surface area contributed by atoms with Crippen LogP contribution < -0.4 is 4.74 Å². The van der Waals surface area contributed by atoms with E-state index in [-0.39, 0.29) is 35.0 Å². The van der Waals surface area contributed by atoms with Crippen molar-refractivity contribution in [1.29, 1.82) is 0 Å². The predicted molar refractivity (Wildman–Crippen MR) is 108 cm³/mol. The lowest BCUT2D eigenvalue weighted by Crippen LogP contribution is -2.49. The van der Waals surface area contributed by atoms with E-state index >= 15 is 0 Å². The van der Waals surface area contributed by atoms with E-state index in [1.54, 1.807) is 0 Å². The number of aryl methyl sites for hydroxylation is 1. The molecule has 148 valence electrons. The molecule has 1 aliphatic carbocycles. The Morgan fingerprint density at radius 1 is 1.33 bits per heavy atom. The summed E-state index contributed by atoms with van der Waals surface area (Å²) in [6.07, 6.45) is -0.140. The van der Waals surface area contributed by atoms with Crippen LogP contribution in [0.3, 0.4) is 0 Å². The van der Waals surface area contributed by atoms with Crippen molar-refractivity contribution < 1.29 is 18.7 Å². The topological polar surface area (TPSA) is 55.6 Å². The Balaban J connectivity index is 1.97. The minimum absolute atomic E-state index is 0.0178. The Morgan fingerprint density at radius 2 is 1.96 bits per heavy atom. The number of hydrogen-bond acceptors (Lipinski definition) is 4. The van der Waals surface area contributed by atoms with E-state index in [2.05, 4.69) is 33.9 Å². The molecule has 4 atom stereocenters. The van der Waals surface area contributed by atoms with Gasteiger partial charge >= 0.3 is 14.2 Å². The van der Waals surface area contributed by atoms with Gasteiger partial charge in [0, 0.05) is 29.0 Å². The van der Waals surface area contributed by atoms with E-state index in [1.807, 2.05) is 32.9 Å². The number of nitroso groups, excluding NO2 is 1. The molecule has 0 amide bonds. The maximum Gasteiger partial charge on any atom is 0.414 e. The number of esters is 1. The van der Waals surface area contributed by atoms with Crippen molar-refractivity contribution in [2.45, 2.75) is 77.7 Å². The molecule has 4 unspecified atom stereocenters. The van der Waals surface area contributed by atoms with E-state index in [1.165, 1.54) is 4.43 Å². The Bertz CT molecular complexity index is 796. The van der Waals surface area contributed by atoms with Crippen molar-refractivity contribution in [2.24, 2.45) is 5.92 Å². The monoisotopic (exact) mass is 390 g/mol. The van der Waals surface area contributed by atoms with Gasteiger partial charge in [-0.2, -0.15) is 0 Å². The zero-order chi connectivity index (χ0) is 20.3. The van der Waals surface area contributed by atoms with Gasteiger partial charge < -0.3 is 9.47 Å². The molecule has 0 spiro atoms. The van der Waals surface area contributed by atoms with Crippen LogP contribution in [-0.2, 0) is 9.53 Å². The predicted octanol–water partition coefficient (Wildman–Crippen LogP) is 4.88. The maximum absolute atomic E-state index is 13.4. The number of carbonyl (C=O) groups is 1. The zero-order valence-electron chi connectivity index (χ0n) is 17.8. The number of hydrogen-bond donors (Lipinski definition) is 0. The van der Waals surface area contributed by atoms with Crippen molar-refractivity contribution >= 4 is 14.2 Å². The van der Waals surface area contributed by atoms with Gasteiger partial charge in [0.2, 0.25) is 6.04 Å². The number of fused-ring (bicyclic) bond motifs is 3. The summed E-state index contributed by atoms with van der Waals surface area (Å²) in [5, 5.41) is -0.0387. The van der Waals surface area contributed by atoms with Gasteiger partial charge in [0.05, 0.1) is 6.61 Å². The first-order valence-electron chi connectivity index (χ1n) is 9.86. The molecule has 5 nitrogen and oxygen atoms in total. The van der Waals surface area contributed by atoms with Crippen LogP contribution in [0.15, 0.2) is 12.1 Å². The largest absolute Gasteiger partial charge is 0.488 e. The van der Waals surface area contributed by atoms with E-state index < -0.39 is 8.24 Å². The summed E-state index contributed by atoms with van der Waals surface area (Å²) in [5.41, 5.74) is 3.10. The van der Waals surface area contributed by atoms with Crippen molar-refractivity contribution in [1.82, 2.24) is 0 Å². The minimum Gasteiger partial charge on any atom is -0.488 e. The summed E-state index contributed by atoms with van der Waals surface area (Å²) in [5.74, 6) is 0.447. The third-order valence-corrected chi connectivity index (χ3v) is 11.9. The summed E-state index contributed by atoms with van der Waals surface area (Å²) in [4.78, 5) is 25.6. The molecular weight excluding hydrogens is 358 g/mol. The molecule has 0 saturated heterocycles. The van der Waals surface area contributed by atoms with Gasteiger partial charge in [-0.05, 0) is 37.4 Å². The van der Waals surface area contributed by atoms with Gasteiger partial charge in [0.1, 0.15) is 17.8 Å². The van der Waals surface area contributed by atoms with Crippen molar-refractivity contribution in [3.63, 3.8) is 0 Å². The minimum atomic E-state index is -2.21. The van der Waals surface area contributed by atoms with Crippen molar-refractivity contribution in [2.75, 3.05) is 6.61 Å². The molecule has 0 N–H and O–H groups in total. The van der Waals surface area contributed by atoms with E-state index in [0.29, 0.717) is 6.61 Å². The third kappa shape index (κ3) is 3.02. The van der Waals surface area contributed by atoms with Crippen LogP contribution >= 0.6 is 0 Å². The summed E-state index contributed by atoms with van der Waals surface area (Å²) in [7, 11) is -2.21. The summed E-state index contributed by atoms with van der Waals surface area (Å²) < 4.78 is 12.7. The van der Waals surface area contributed by atoms with E-state index in [0.717, 1.165) is 22.4 Å². The van der Waals surface area contributed by atoms with Gasteiger partial charge in [-0.1, -0.05) is 37.3 Å². The zero-order valence-corrected chi connectivity index (χ0v) is 18.8. The van der Waals surface area contributed by atoms with Crippen molar-refractivity contribution in [3.05, 3.63) is 33.7 Å². The van der Waals surface area contributed by atoms with Gasteiger partial charge in [0.25, 0.3) is 0 Å². The highest BCUT2D eigenvalue weighted by Gasteiger charge is 2.65. The molecule has 3 rings (SSSR count). The number of carbonyl (C=O) groups excluding carboxylic acids is 1. The maximum atomic E-state index is 13.4. The Labute approximate surface area is 163 Å². The van der Waals surface area contributed by atoms with Gasteiger partial charge in [-0.3, -0.25) is 4.79 Å². The first kappa shape index (κ1) is 20.1. The molecule has 6 heteroatoms. The van der Waals surface area contributed by atoms with Crippen molar-refractivity contribution in [3.8, 4) is 5.75 Å². The third-order valence-electron chi connectivity index (χ3n) is 6.71. The van der Waals surface area contributed by atoms with Gasteiger partial charge in [0.15, 0.2) is 0 Å². The van der Waals surface area contributed by atoms with Crippen LogP contribution in [0.4, 0.5) is 0 Å². The molecule has 27 heavy (non-hydrogen) atoms. The smallest absolute Gasteiger partial charge is 0.414 e. The van der Waals surface area contributed by atoms with Crippen LogP contribution in [0.25, 0.3) is 0 Å². The van der Waals surface area contributed by atoms with Crippen LogP contribution in [0, 0.1) is 17.7 Å². The molecule has 0 bridgehead atoms. The fourth-order valence-corrected chi connectivity index (χ4v) is 5.73. The van der Waals surface area contributed by atoms with E-state index in [4.69, 9.17) is 9.47 Å². The molecule has 1 aromatic carbocycles. The normalized spacial score (nSPS) is 24.5. The molecule has 1 aliphatic heterocycles. The average Bonchev–Trinajstić information content (AvgIpc) is 3.15. The molecule has 1 aromatic rings. The highest BCUT2D eigenvalue weighted by molar-refractivity contribution is 6.72. The number of nitrogens with zero attached hydrogens (tertiary/aromatic N) is 1. The molecule has 0 aromatic heterocycles. The van der Waals surface area contributed by atoms with Crippen LogP contribution in [0.5, 0.6) is 5.75 Å². The SMILES string of the molecule is CCOC(=O)C1C2Oc3c(C)ccc(C(C)[N+](=O)[Si](C)(C)C(C)(C)C)c3C21. The molecule has 0 radical (unpaired) electrons. The second-order valence-corrected chi connectivity index (χ2v) is 14.5. The second kappa shape index (κ2) is 6.43. The lowest BCUT2D eigenvalue weighted by Gasteiger charge is -2.29. The van der Waals surface area contributed by atoms with Crippen LogP contribution in [0.1, 0.15) is 63.3 Å².